The summed E-state index contributed by atoms with van der Waals surface area (Å²) in [6.45, 7) is 2.30. The lowest BCUT2D eigenvalue weighted by molar-refractivity contribution is 0.166. The van der Waals surface area contributed by atoms with E-state index in [0.717, 1.165) is 48.6 Å². The fourth-order valence-electron chi connectivity index (χ4n) is 4.68. The van der Waals surface area contributed by atoms with Crippen LogP contribution in [0.15, 0.2) is 60.8 Å². The quantitative estimate of drug-likeness (QED) is 0.692. The van der Waals surface area contributed by atoms with Crippen LogP contribution in [0.3, 0.4) is 0 Å². The molecule has 1 fully saturated rings. The Kier molecular flexibility index (Phi) is 4.34. The lowest BCUT2D eigenvalue weighted by Gasteiger charge is -2.38. The molecule has 3 aromatic rings. The molecule has 0 radical (unpaired) electrons. The maximum atomic E-state index is 13.7. The number of hydrogen-bond acceptors (Lipinski definition) is 2. The molecule has 2 aliphatic rings. The molecule has 3 heterocycles. The van der Waals surface area contributed by atoms with Crippen molar-refractivity contribution in [1.82, 2.24) is 14.5 Å². The summed E-state index contributed by atoms with van der Waals surface area (Å²) in [5.41, 5.74) is 2.66. The number of anilines is 1. The lowest BCUT2D eigenvalue weighted by atomic mass is 9.77. The molecular weight excluding hydrogens is 367 g/mol. The largest absolute Gasteiger partial charge is 0.328 e. The second-order valence-electron chi connectivity index (χ2n) is 7.94. The fourth-order valence-corrected chi connectivity index (χ4v) is 4.68. The van der Waals surface area contributed by atoms with Gasteiger partial charge in [-0.25, -0.2) is 14.2 Å². The summed E-state index contributed by atoms with van der Waals surface area (Å²) in [6, 6.07) is 16.2. The zero-order valence-corrected chi connectivity index (χ0v) is 16.1. The minimum Gasteiger partial charge on any atom is -0.328 e. The van der Waals surface area contributed by atoms with E-state index in [9.17, 15) is 9.18 Å². The monoisotopic (exact) mass is 390 g/mol. The standard InChI is InChI=1S/C23H23FN4O/c24-18-6-4-5-17(15-18)20-16-25-21-23(11-14-28(20)21)9-12-27(13-10-23)22(29)26-19-7-2-1-3-8-19/h1-8,15-16H,9-14H2,(H,26,29). The topological polar surface area (TPSA) is 50.2 Å². The summed E-state index contributed by atoms with van der Waals surface area (Å²) < 4.78 is 15.9. The van der Waals surface area contributed by atoms with Gasteiger partial charge in [0.1, 0.15) is 11.6 Å². The number of urea groups is 1. The van der Waals surface area contributed by atoms with E-state index in [1.165, 1.54) is 6.07 Å². The number of halogens is 1. The highest BCUT2D eigenvalue weighted by molar-refractivity contribution is 5.89. The SMILES string of the molecule is O=C(Nc1ccccc1)N1CCC2(CC1)CCn1c(-c3cccc(F)c3)cnc12. The molecule has 6 heteroatoms. The number of nitrogens with one attached hydrogen (secondary N) is 1. The van der Waals surface area contributed by atoms with Gasteiger partial charge < -0.3 is 14.8 Å². The van der Waals surface area contributed by atoms with E-state index in [2.05, 4.69) is 9.88 Å². The van der Waals surface area contributed by atoms with Gasteiger partial charge in [0.2, 0.25) is 0 Å². The van der Waals surface area contributed by atoms with Gasteiger partial charge in [-0.15, -0.1) is 0 Å². The number of carbonyl (C=O) groups excluding carboxylic acids is 1. The Morgan fingerprint density at radius 1 is 1.00 bits per heavy atom. The number of hydrogen-bond donors (Lipinski definition) is 1. The van der Waals surface area contributed by atoms with E-state index >= 15 is 0 Å². The summed E-state index contributed by atoms with van der Waals surface area (Å²) >= 11 is 0. The highest BCUT2D eigenvalue weighted by atomic mass is 19.1. The van der Waals surface area contributed by atoms with Crippen LogP contribution in [0, 0.1) is 5.82 Å². The van der Waals surface area contributed by atoms with Crippen molar-refractivity contribution in [3.63, 3.8) is 0 Å². The van der Waals surface area contributed by atoms with E-state index in [1.54, 1.807) is 12.1 Å². The summed E-state index contributed by atoms with van der Waals surface area (Å²) in [5.74, 6) is 0.850. The van der Waals surface area contributed by atoms with Crippen LogP contribution in [0.25, 0.3) is 11.3 Å². The second-order valence-corrected chi connectivity index (χ2v) is 7.94. The number of fused-ring (bicyclic) bond motifs is 2. The first-order valence-electron chi connectivity index (χ1n) is 10.1. The van der Waals surface area contributed by atoms with Gasteiger partial charge in [-0.3, -0.25) is 0 Å². The number of rotatable bonds is 2. The van der Waals surface area contributed by atoms with Gasteiger partial charge >= 0.3 is 6.03 Å². The molecule has 1 N–H and O–H groups in total. The molecule has 5 nitrogen and oxygen atoms in total. The summed E-state index contributed by atoms with van der Waals surface area (Å²) in [4.78, 5) is 19.2. The maximum absolute atomic E-state index is 13.7. The predicted molar refractivity (Wildman–Crippen MR) is 110 cm³/mol. The summed E-state index contributed by atoms with van der Waals surface area (Å²) in [7, 11) is 0. The Morgan fingerprint density at radius 3 is 2.52 bits per heavy atom. The molecule has 148 valence electrons. The average molecular weight is 390 g/mol. The third-order valence-corrected chi connectivity index (χ3v) is 6.30. The molecule has 1 spiro atoms. The fraction of sp³-hybridized carbons (Fsp3) is 0.304. The van der Waals surface area contributed by atoms with E-state index in [1.807, 2.05) is 47.5 Å². The minimum atomic E-state index is -0.233. The van der Waals surface area contributed by atoms with Gasteiger partial charge in [-0.05, 0) is 43.5 Å². The predicted octanol–water partition coefficient (Wildman–Crippen LogP) is 4.66. The molecule has 1 aromatic heterocycles. The number of carbonyl (C=O) groups is 1. The highest BCUT2D eigenvalue weighted by Gasteiger charge is 2.44. The number of aromatic nitrogens is 2. The van der Waals surface area contributed by atoms with E-state index < -0.39 is 0 Å². The first-order chi connectivity index (χ1) is 14.1. The van der Waals surface area contributed by atoms with Crippen LogP contribution in [-0.4, -0.2) is 33.6 Å². The lowest BCUT2D eigenvalue weighted by Crippen LogP contribution is -2.46. The molecule has 2 amide bonds. The minimum absolute atomic E-state index is 0.00903. The molecule has 0 atom stereocenters. The van der Waals surface area contributed by atoms with Gasteiger partial charge in [0.25, 0.3) is 0 Å². The van der Waals surface area contributed by atoms with Crippen molar-refractivity contribution in [3.8, 4) is 11.3 Å². The summed E-state index contributed by atoms with van der Waals surface area (Å²) in [6.07, 6.45) is 4.68. The molecule has 0 bridgehead atoms. The van der Waals surface area contributed by atoms with Crippen LogP contribution in [0.5, 0.6) is 0 Å². The van der Waals surface area contributed by atoms with Crippen molar-refractivity contribution < 1.29 is 9.18 Å². The van der Waals surface area contributed by atoms with Gasteiger partial charge in [-0.1, -0.05) is 30.3 Å². The normalized spacial score (nSPS) is 17.3. The Bertz CT molecular complexity index is 1040. The number of amides is 2. The summed E-state index contributed by atoms with van der Waals surface area (Å²) in [5, 5.41) is 2.97. The first kappa shape index (κ1) is 17.9. The van der Waals surface area contributed by atoms with Crippen molar-refractivity contribution >= 4 is 11.7 Å². The van der Waals surface area contributed by atoms with Crippen LogP contribution in [0.1, 0.15) is 25.1 Å². The number of para-hydroxylation sites is 1. The number of imidazole rings is 1. The third-order valence-electron chi connectivity index (χ3n) is 6.30. The van der Waals surface area contributed by atoms with Crippen LogP contribution in [-0.2, 0) is 12.0 Å². The van der Waals surface area contributed by atoms with Gasteiger partial charge in [0.05, 0.1) is 11.9 Å². The highest BCUT2D eigenvalue weighted by Crippen LogP contribution is 2.44. The molecule has 0 unspecified atom stereocenters. The van der Waals surface area contributed by atoms with E-state index in [-0.39, 0.29) is 17.3 Å². The number of benzene rings is 2. The van der Waals surface area contributed by atoms with Crippen LogP contribution in [0.2, 0.25) is 0 Å². The van der Waals surface area contributed by atoms with Gasteiger partial charge in [-0.2, -0.15) is 0 Å². The Morgan fingerprint density at radius 2 is 1.76 bits per heavy atom. The zero-order valence-electron chi connectivity index (χ0n) is 16.1. The Labute approximate surface area is 169 Å². The van der Waals surface area contributed by atoms with Crippen LogP contribution < -0.4 is 5.32 Å². The van der Waals surface area contributed by atoms with Gasteiger partial charge in [0, 0.05) is 36.3 Å². The molecule has 0 aliphatic carbocycles. The molecule has 0 saturated carbocycles. The van der Waals surface area contributed by atoms with Crippen molar-refractivity contribution in [3.05, 3.63) is 72.4 Å². The van der Waals surface area contributed by atoms with Gasteiger partial charge in [0.15, 0.2) is 0 Å². The Balaban J connectivity index is 1.31. The van der Waals surface area contributed by atoms with Crippen LogP contribution in [0.4, 0.5) is 14.9 Å². The van der Waals surface area contributed by atoms with Crippen LogP contribution >= 0.6 is 0 Å². The smallest absolute Gasteiger partial charge is 0.321 e. The first-order valence-corrected chi connectivity index (χ1v) is 10.1. The molecule has 5 rings (SSSR count). The molecular formula is C23H23FN4O. The number of likely N-dealkylation sites (tertiary alicyclic amines) is 1. The molecule has 2 aromatic carbocycles. The molecule has 29 heavy (non-hydrogen) atoms. The second kappa shape index (κ2) is 7.03. The molecule has 2 aliphatic heterocycles. The molecule has 1 saturated heterocycles. The third kappa shape index (κ3) is 3.18. The van der Waals surface area contributed by atoms with Crippen molar-refractivity contribution in [2.75, 3.05) is 18.4 Å². The number of nitrogens with zero attached hydrogens (tertiary/aromatic N) is 3. The maximum Gasteiger partial charge on any atom is 0.321 e. The number of piperidine rings is 1. The van der Waals surface area contributed by atoms with Crippen molar-refractivity contribution in [2.45, 2.75) is 31.2 Å². The van der Waals surface area contributed by atoms with Crippen molar-refractivity contribution in [2.24, 2.45) is 0 Å². The van der Waals surface area contributed by atoms with E-state index in [4.69, 9.17) is 4.98 Å². The average Bonchev–Trinajstić information content (AvgIpc) is 3.31. The Hall–Kier alpha value is -3.15. The van der Waals surface area contributed by atoms with Crippen molar-refractivity contribution in [1.29, 1.82) is 0 Å². The zero-order chi connectivity index (χ0) is 19.8. The van der Waals surface area contributed by atoms with E-state index in [0.29, 0.717) is 13.1 Å².